The minimum absolute atomic E-state index is 0.178. The van der Waals surface area contributed by atoms with Crippen molar-refractivity contribution >= 4 is 27.3 Å². The lowest BCUT2D eigenvalue weighted by atomic mass is 9.97. The molecule has 4 aromatic rings. The first-order valence-corrected chi connectivity index (χ1v) is 9.68. The minimum Gasteiger partial charge on any atom is -0.497 e. The molecule has 1 aromatic heterocycles. The fraction of sp³-hybridized carbons (Fsp3) is 0.0870. The Kier molecular flexibility index (Phi) is 4.94. The number of carbonyl (C=O) groups is 1. The molecule has 0 radical (unpaired) electrons. The van der Waals surface area contributed by atoms with E-state index in [2.05, 4.69) is 0 Å². The number of hydrogen-bond acceptors (Lipinski definition) is 4. The number of methoxy groups -OCH3 is 2. The summed E-state index contributed by atoms with van der Waals surface area (Å²) in [5.74, 6) is -0.0212. The van der Waals surface area contributed by atoms with Crippen LogP contribution in [0.25, 0.3) is 31.7 Å². The van der Waals surface area contributed by atoms with E-state index in [0.29, 0.717) is 11.1 Å². The van der Waals surface area contributed by atoms with Gasteiger partial charge in [-0.05, 0) is 65.7 Å². The van der Waals surface area contributed by atoms with Gasteiger partial charge in [-0.2, -0.15) is 0 Å². The zero-order chi connectivity index (χ0) is 20.5. The van der Waals surface area contributed by atoms with Crippen LogP contribution in [-0.4, -0.2) is 20.1 Å². The maximum atomic E-state index is 14.5. The van der Waals surface area contributed by atoms with Gasteiger partial charge in [0.1, 0.15) is 5.75 Å². The standard InChI is InChI=1S/C23H18FNO3S/c1-27-16-7-3-13(4-8-16)22-21(14-5-9-19(28-2)18(24)12-14)17-11-15(23(25)26)6-10-20(17)29-22/h3-12H,1-2H3,(H2,25,26). The molecule has 0 aliphatic carbocycles. The zero-order valence-corrected chi connectivity index (χ0v) is 16.7. The van der Waals surface area contributed by atoms with Gasteiger partial charge in [0.2, 0.25) is 5.91 Å². The lowest BCUT2D eigenvalue weighted by Gasteiger charge is -2.09. The fourth-order valence-electron chi connectivity index (χ4n) is 3.31. The van der Waals surface area contributed by atoms with Gasteiger partial charge >= 0.3 is 0 Å². The number of halogens is 1. The number of carbonyl (C=O) groups excluding carboxylic acids is 1. The summed E-state index contributed by atoms with van der Waals surface area (Å²) in [6, 6.07) is 17.9. The van der Waals surface area contributed by atoms with Crippen LogP contribution < -0.4 is 15.2 Å². The van der Waals surface area contributed by atoms with Gasteiger partial charge in [-0.3, -0.25) is 4.79 Å². The second-order valence-electron chi connectivity index (χ2n) is 6.46. The SMILES string of the molecule is COc1ccc(-c2sc3ccc(C(N)=O)cc3c2-c2ccc(OC)c(F)c2)cc1. The Hall–Kier alpha value is -3.38. The third-order valence-corrected chi connectivity index (χ3v) is 5.99. The van der Waals surface area contributed by atoms with Crippen molar-refractivity contribution in [3.05, 3.63) is 72.0 Å². The third kappa shape index (κ3) is 3.43. The van der Waals surface area contributed by atoms with Crippen molar-refractivity contribution in [2.24, 2.45) is 5.73 Å². The van der Waals surface area contributed by atoms with Gasteiger partial charge in [0, 0.05) is 26.1 Å². The molecule has 2 N–H and O–H groups in total. The molecule has 4 nitrogen and oxygen atoms in total. The Labute approximate surface area is 171 Å². The number of benzene rings is 3. The molecule has 0 aliphatic heterocycles. The van der Waals surface area contributed by atoms with Crippen molar-refractivity contribution in [3.8, 4) is 33.1 Å². The molecule has 0 atom stereocenters. The second kappa shape index (κ2) is 7.56. The van der Waals surface area contributed by atoms with E-state index in [4.69, 9.17) is 15.2 Å². The molecule has 4 rings (SSSR count). The molecule has 0 aliphatic rings. The summed E-state index contributed by atoms with van der Waals surface area (Å²) in [4.78, 5) is 12.7. The maximum Gasteiger partial charge on any atom is 0.248 e. The summed E-state index contributed by atoms with van der Waals surface area (Å²) in [6.07, 6.45) is 0. The molecule has 1 amide bonds. The predicted octanol–water partition coefficient (Wildman–Crippen LogP) is 5.49. The highest BCUT2D eigenvalue weighted by Gasteiger charge is 2.18. The minimum atomic E-state index is -0.504. The van der Waals surface area contributed by atoms with Crippen LogP contribution in [0.2, 0.25) is 0 Å². The van der Waals surface area contributed by atoms with E-state index >= 15 is 0 Å². The predicted molar refractivity (Wildman–Crippen MR) is 114 cm³/mol. The highest BCUT2D eigenvalue weighted by atomic mass is 32.1. The third-order valence-electron chi connectivity index (χ3n) is 4.77. The smallest absolute Gasteiger partial charge is 0.248 e. The van der Waals surface area contributed by atoms with E-state index in [1.54, 1.807) is 36.6 Å². The Morgan fingerprint density at radius 2 is 1.66 bits per heavy atom. The summed E-state index contributed by atoms with van der Waals surface area (Å²) in [6.45, 7) is 0. The number of fused-ring (bicyclic) bond motifs is 1. The van der Waals surface area contributed by atoms with E-state index in [9.17, 15) is 9.18 Å². The molecule has 29 heavy (non-hydrogen) atoms. The molecule has 1 heterocycles. The highest BCUT2D eigenvalue weighted by molar-refractivity contribution is 7.23. The van der Waals surface area contributed by atoms with E-state index in [1.165, 1.54) is 13.2 Å². The summed E-state index contributed by atoms with van der Waals surface area (Å²) in [5.41, 5.74) is 8.40. The Bertz CT molecular complexity index is 1220. The second-order valence-corrected chi connectivity index (χ2v) is 7.51. The maximum absolute atomic E-state index is 14.5. The average molecular weight is 407 g/mol. The molecular formula is C23H18FNO3S. The van der Waals surface area contributed by atoms with Gasteiger partial charge in [0.25, 0.3) is 0 Å². The lowest BCUT2D eigenvalue weighted by molar-refractivity contribution is 0.100. The quantitative estimate of drug-likeness (QED) is 0.476. The number of nitrogens with two attached hydrogens (primary N) is 1. The monoisotopic (exact) mass is 407 g/mol. The average Bonchev–Trinajstić information content (AvgIpc) is 3.12. The van der Waals surface area contributed by atoms with Crippen LogP contribution in [0.1, 0.15) is 10.4 Å². The Morgan fingerprint density at radius 1 is 0.931 bits per heavy atom. The van der Waals surface area contributed by atoms with E-state index in [-0.39, 0.29) is 5.75 Å². The summed E-state index contributed by atoms with van der Waals surface area (Å²) < 4.78 is 25.7. The molecule has 0 saturated heterocycles. The normalized spacial score (nSPS) is 10.9. The van der Waals surface area contributed by atoms with Crippen LogP contribution >= 0.6 is 11.3 Å². The van der Waals surface area contributed by atoms with E-state index in [1.807, 2.05) is 36.4 Å². The first-order chi connectivity index (χ1) is 14.0. The largest absolute Gasteiger partial charge is 0.497 e. The van der Waals surface area contributed by atoms with Gasteiger partial charge in [0.05, 0.1) is 14.2 Å². The molecule has 6 heteroatoms. The van der Waals surface area contributed by atoms with Crippen LogP contribution in [-0.2, 0) is 0 Å². The topological polar surface area (TPSA) is 61.5 Å². The molecular weight excluding hydrogens is 389 g/mol. The molecule has 146 valence electrons. The van der Waals surface area contributed by atoms with Crippen LogP contribution in [0.15, 0.2) is 60.7 Å². The van der Waals surface area contributed by atoms with E-state index in [0.717, 1.165) is 31.8 Å². The van der Waals surface area contributed by atoms with Crippen LogP contribution in [0.3, 0.4) is 0 Å². The molecule has 3 aromatic carbocycles. The van der Waals surface area contributed by atoms with Crippen molar-refractivity contribution in [2.75, 3.05) is 14.2 Å². The first kappa shape index (κ1) is 19.0. The van der Waals surface area contributed by atoms with Crippen molar-refractivity contribution in [3.63, 3.8) is 0 Å². The molecule has 0 unspecified atom stereocenters. The number of thiophene rings is 1. The van der Waals surface area contributed by atoms with Gasteiger partial charge in [-0.25, -0.2) is 4.39 Å². The van der Waals surface area contributed by atoms with Crippen molar-refractivity contribution in [2.45, 2.75) is 0 Å². The van der Waals surface area contributed by atoms with Gasteiger partial charge < -0.3 is 15.2 Å². The first-order valence-electron chi connectivity index (χ1n) is 8.86. The summed E-state index contributed by atoms with van der Waals surface area (Å²) in [5, 5.41) is 0.849. The van der Waals surface area contributed by atoms with Crippen molar-refractivity contribution in [1.29, 1.82) is 0 Å². The lowest BCUT2D eigenvalue weighted by Crippen LogP contribution is -2.10. The molecule has 0 saturated carbocycles. The number of ether oxygens (including phenoxy) is 2. The zero-order valence-electron chi connectivity index (χ0n) is 15.9. The van der Waals surface area contributed by atoms with Crippen LogP contribution in [0, 0.1) is 5.82 Å². The molecule has 0 bridgehead atoms. The number of rotatable bonds is 5. The highest BCUT2D eigenvalue weighted by Crippen LogP contribution is 2.45. The van der Waals surface area contributed by atoms with E-state index < -0.39 is 11.7 Å². The molecule has 0 spiro atoms. The number of primary amides is 1. The number of amides is 1. The van der Waals surface area contributed by atoms with Crippen LogP contribution in [0.4, 0.5) is 4.39 Å². The fourth-order valence-corrected chi connectivity index (χ4v) is 4.52. The summed E-state index contributed by atoms with van der Waals surface area (Å²) in [7, 11) is 3.05. The van der Waals surface area contributed by atoms with Gasteiger partial charge in [0.15, 0.2) is 11.6 Å². The van der Waals surface area contributed by atoms with Crippen molar-refractivity contribution < 1.29 is 18.7 Å². The number of hydrogen-bond donors (Lipinski definition) is 1. The Morgan fingerprint density at radius 3 is 2.28 bits per heavy atom. The van der Waals surface area contributed by atoms with Crippen LogP contribution in [0.5, 0.6) is 11.5 Å². The summed E-state index contributed by atoms with van der Waals surface area (Å²) >= 11 is 1.57. The van der Waals surface area contributed by atoms with Gasteiger partial charge in [-0.15, -0.1) is 11.3 Å². The molecule has 0 fully saturated rings. The van der Waals surface area contributed by atoms with Crippen molar-refractivity contribution in [1.82, 2.24) is 0 Å². The Balaban J connectivity index is 2.00. The van der Waals surface area contributed by atoms with Gasteiger partial charge in [-0.1, -0.05) is 6.07 Å².